The van der Waals surface area contributed by atoms with Crippen LogP contribution in [0.1, 0.15) is 10.4 Å². The van der Waals surface area contributed by atoms with Gasteiger partial charge in [-0.05, 0) is 12.1 Å². The second kappa shape index (κ2) is 6.43. The zero-order valence-electron chi connectivity index (χ0n) is 10.1. The van der Waals surface area contributed by atoms with E-state index in [0.29, 0.717) is 11.5 Å². The third kappa shape index (κ3) is 3.62. The first-order chi connectivity index (χ1) is 8.93. The van der Waals surface area contributed by atoms with Gasteiger partial charge in [-0.15, -0.1) is 12.4 Å². The second-order valence-electron chi connectivity index (χ2n) is 3.93. The second-order valence-corrected chi connectivity index (χ2v) is 4.34. The molecule has 2 rings (SSSR count). The van der Waals surface area contributed by atoms with Crippen LogP contribution in [0.2, 0.25) is 5.02 Å². The Morgan fingerprint density at radius 2 is 2.15 bits per heavy atom. The van der Waals surface area contributed by atoms with Gasteiger partial charge >= 0.3 is 0 Å². The van der Waals surface area contributed by atoms with Crippen LogP contribution < -0.4 is 20.5 Å². The number of nitrogens with one attached hydrogen (secondary N) is 1. The van der Waals surface area contributed by atoms with Gasteiger partial charge in [0.1, 0.15) is 0 Å². The number of hydrogen-bond donors (Lipinski definition) is 2. The van der Waals surface area contributed by atoms with Crippen molar-refractivity contribution in [1.82, 2.24) is 5.32 Å². The molecule has 112 valence electrons. The predicted octanol–water partition coefficient (Wildman–Crippen LogP) is 1.81. The molecule has 20 heavy (non-hydrogen) atoms. The normalized spacial score (nSPS) is 12.8. The molecule has 0 saturated heterocycles. The molecule has 0 spiro atoms. The van der Waals surface area contributed by atoms with Crippen molar-refractivity contribution in [2.75, 3.05) is 19.9 Å². The first kappa shape index (κ1) is 16.7. The van der Waals surface area contributed by atoms with Crippen molar-refractivity contribution in [3.8, 4) is 11.5 Å². The number of nitrogens with two attached hydrogens (primary N) is 1. The molecule has 1 aromatic carbocycles. The van der Waals surface area contributed by atoms with Gasteiger partial charge in [0.05, 0.1) is 18.1 Å². The van der Waals surface area contributed by atoms with Crippen molar-refractivity contribution < 1.29 is 23.0 Å². The lowest BCUT2D eigenvalue weighted by Crippen LogP contribution is -2.41. The van der Waals surface area contributed by atoms with Crippen LogP contribution in [0, 0.1) is 0 Å². The quantitative estimate of drug-likeness (QED) is 0.884. The standard InChI is InChI=1S/C11H11ClF2N2O3.ClH/c12-7-1-6(2-8-9(7)19-5-18-8)10(17)16-4-11(13,14)3-15;/h1-2H,3-5,15H2,(H,16,17);1H. The molecule has 0 aromatic heterocycles. The summed E-state index contributed by atoms with van der Waals surface area (Å²) in [4.78, 5) is 11.7. The summed E-state index contributed by atoms with van der Waals surface area (Å²) >= 11 is 5.88. The number of amides is 1. The maximum absolute atomic E-state index is 12.9. The number of halogens is 4. The Bertz CT molecular complexity index is 515. The van der Waals surface area contributed by atoms with Gasteiger partial charge in [0.25, 0.3) is 11.8 Å². The van der Waals surface area contributed by atoms with E-state index < -0.39 is 24.9 Å². The summed E-state index contributed by atoms with van der Waals surface area (Å²) in [7, 11) is 0. The molecule has 1 heterocycles. The van der Waals surface area contributed by atoms with Crippen molar-refractivity contribution in [3.63, 3.8) is 0 Å². The first-order valence-electron chi connectivity index (χ1n) is 5.38. The average molecular weight is 329 g/mol. The molecule has 1 aliphatic heterocycles. The van der Waals surface area contributed by atoms with Crippen LogP contribution in [0.15, 0.2) is 12.1 Å². The topological polar surface area (TPSA) is 73.6 Å². The first-order valence-corrected chi connectivity index (χ1v) is 5.76. The SMILES string of the molecule is Cl.NCC(F)(F)CNC(=O)c1cc(Cl)c2c(c1)OCO2. The lowest BCUT2D eigenvalue weighted by molar-refractivity contribution is 0.0118. The summed E-state index contributed by atoms with van der Waals surface area (Å²) in [6.07, 6.45) is 0. The van der Waals surface area contributed by atoms with E-state index in [1.54, 1.807) is 0 Å². The fraction of sp³-hybridized carbons (Fsp3) is 0.364. The van der Waals surface area contributed by atoms with Gasteiger partial charge in [-0.25, -0.2) is 8.78 Å². The molecule has 0 unspecified atom stereocenters. The summed E-state index contributed by atoms with van der Waals surface area (Å²) in [6, 6.07) is 2.70. The Balaban J connectivity index is 0.00000200. The van der Waals surface area contributed by atoms with E-state index in [2.05, 4.69) is 5.32 Å². The van der Waals surface area contributed by atoms with Crippen LogP contribution in [-0.2, 0) is 0 Å². The molecule has 1 amide bonds. The predicted molar refractivity (Wildman–Crippen MR) is 71.2 cm³/mol. The third-order valence-electron chi connectivity index (χ3n) is 2.50. The van der Waals surface area contributed by atoms with Crippen LogP contribution in [0.3, 0.4) is 0 Å². The minimum absolute atomic E-state index is 0. The van der Waals surface area contributed by atoms with E-state index >= 15 is 0 Å². The number of rotatable bonds is 4. The van der Waals surface area contributed by atoms with Crippen LogP contribution in [0.25, 0.3) is 0 Å². The Hall–Kier alpha value is -1.31. The number of carbonyl (C=O) groups excluding carboxylic acids is 1. The Labute approximate surface area is 124 Å². The molecule has 1 aromatic rings. The summed E-state index contributed by atoms with van der Waals surface area (Å²) < 4.78 is 36.0. The van der Waals surface area contributed by atoms with E-state index in [9.17, 15) is 13.6 Å². The van der Waals surface area contributed by atoms with Crippen LogP contribution in [0.4, 0.5) is 8.78 Å². The van der Waals surface area contributed by atoms with Gasteiger partial charge in [-0.3, -0.25) is 4.79 Å². The molecule has 0 bridgehead atoms. The molecule has 1 aliphatic rings. The van der Waals surface area contributed by atoms with E-state index in [4.69, 9.17) is 26.8 Å². The molecule has 0 fully saturated rings. The maximum Gasteiger partial charge on any atom is 0.277 e. The zero-order valence-corrected chi connectivity index (χ0v) is 11.7. The molecule has 3 N–H and O–H groups in total. The number of fused-ring (bicyclic) bond motifs is 1. The van der Waals surface area contributed by atoms with Gasteiger partial charge in [-0.1, -0.05) is 11.6 Å². The molecular weight excluding hydrogens is 317 g/mol. The monoisotopic (exact) mass is 328 g/mol. The molecular formula is C11H12Cl2F2N2O3. The van der Waals surface area contributed by atoms with Gasteiger partial charge in [0, 0.05) is 5.56 Å². The van der Waals surface area contributed by atoms with Crippen molar-refractivity contribution in [2.24, 2.45) is 5.73 Å². The van der Waals surface area contributed by atoms with Crippen LogP contribution in [-0.4, -0.2) is 31.7 Å². The third-order valence-corrected chi connectivity index (χ3v) is 2.78. The number of hydrogen-bond acceptors (Lipinski definition) is 4. The molecule has 0 aliphatic carbocycles. The molecule has 0 saturated carbocycles. The smallest absolute Gasteiger partial charge is 0.277 e. The number of carbonyl (C=O) groups is 1. The highest BCUT2D eigenvalue weighted by Gasteiger charge is 2.28. The minimum Gasteiger partial charge on any atom is -0.454 e. The van der Waals surface area contributed by atoms with Crippen molar-refractivity contribution >= 4 is 29.9 Å². The van der Waals surface area contributed by atoms with Crippen LogP contribution in [0.5, 0.6) is 11.5 Å². The van der Waals surface area contributed by atoms with Gasteiger partial charge in [0.2, 0.25) is 6.79 Å². The number of benzene rings is 1. The summed E-state index contributed by atoms with van der Waals surface area (Å²) in [5, 5.41) is 2.27. The van der Waals surface area contributed by atoms with Crippen molar-refractivity contribution in [2.45, 2.75) is 5.92 Å². The molecule has 0 radical (unpaired) electrons. The largest absolute Gasteiger partial charge is 0.454 e. The van der Waals surface area contributed by atoms with Gasteiger partial charge in [-0.2, -0.15) is 0 Å². The average Bonchev–Trinajstić information content (AvgIpc) is 2.85. The highest BCUT2D eigenvalue weighted by atomic mass is 35.5. The van der Waals surface area contributed by atoms with Gasteiger partial charge < -0.3 is 20.5 Å². The fourth-order valence-corrected chi connectivity index (χ4v) is 1.75. The summed E-state index contributed by atoms with van der Waals surface area (Å²) in [5.41, 5.74) is 4.98. The maximum atomic E-state index is 12.9. The van der Waals surface area contributed by atoms with E-state index in [1.165, 1.54) is 12.1 Å². The lowest BCUT2D eigenvalue weighted by Gasteiger charge is -2.14. The number of alkyl halides is 2. The minimum atomic E-state index is -3.14. The lowest BCUT2D eigenvalue weighted by atomic mass is 10.2. The highest BCUT2D eigenvalue weighted by Crippen LogP contribution is 2.39. The van der Waals surface area contributed by atoms with E-state index in [0.717, 1.165) is 0 Å². The fourth-order valence-electron chi connectivity index (χ4n) is 1.48. The number of ether oxygens (including phenoxy) is 2. The molecule has 0 atom stereocenters. The molecule has 9 heteroatoms. The Kier molecular flexibility index (Phi) is 5.38. The van der Waals surface area contributed by atoms with Crippen molar-refractivity contribution in [1.29, 1.82) is 0 Å². The van der Waals surface area contributed by atoms with Crippen molar-refractivity contribution in [3.05, 3.63) is 22.7 Å². The zero-order chi connectivity index (χ0) is 14.0. The van der Waals surface area contributed by atoms with Gasteiger partial charge in [0.15, 0.2) is 11.5 Å². The van der Waals surface area contributed by atoms with E-state index in [1.807, 2.05) is 0 Å². The Morgan fingerprint density at radius 1 is 1.45 bits per heavy atom. The summed E-state index contributed by atoms with van der Waals surface area (Å²) in [5.74, 6) is -3.18. The summed E-state index contributed by atoms with van der Waals surface area (Å²) in [6.45, 7) is -1.67. The highest BCUT2D eigenvalue weighted by molar-refractivity contribution is 6.32. The van der Waals surface area contributed by atoms with E-state index in [-0.39, 0.29) is 29.8 Å². The van der Waals surface area contributed by atoms with Crippen LogP contribution >= 0.6 is 24.0 Å². The Morgan fingerprint density at radius 3 is 2.80 bits per heavy atom. The molecule has 5 nitrogen and oxygen atoms in total.